The molecule has 2 aromatic heterocycles. The molecule has 0 unspecified atom stereocenters. The lowest BCUT2D eigenvalue weighted by Gasteiger charge is -2.10. The van der Waals surface area contributed by atoms with Gasteiger partial charge in [0.05, 0.1) is 33.9 Å². The molecule has 3 aromatic carbocycles. The SMILES string of the molecule is Cc1noc(C)c1-c1cc(C#N)c2c3ccc(C(=O)O)cc3n(Cc3ccccc3)c2c1. The Kier molecular flexibility index (Phi) is 4.53. The normalized spacial score (nSPS) is 11.2. The molecule has 156 valence electrons. The van der Waals surface area contributed by atoms with Crippen LogP contribution < -0.4 is 0 Å². The average molecular weight is 421 g/mol. The van der Waals surface area contributed by atoms with Crippen LogP contribution in [0.4, 0.5) is 0 Å². The number of carbonyl (C=O) groups is 1. The summed E-state index contributed by atoms with van der Waals surface area (Å²) in [7, 11) is 0. The van der Waals surface area contributed by atoms with Gasteiger partial charge in [-0.1, -0.05) is 41.6 Å². The lowest BCUT2D eigenvalue weighted by Crippen LogP contribution is -2.01. The van der Waals surface area contributed by atoms with Gasteiger partial charge in [0.2, 0.25) is 0 Å². The molecule has 0 saturated carbocycles. The first kappa shape index (κ1) is 19.6. The lowest BCUT2D eigenvalue weighted by molar-refractivity contribution is 0.0697. The van der Waals surface area contributed by atoms with Crippen molar-refractivity contribution in [2.75, 3.05) is 0 Å². The van der Waals surface area contributed by atoms with Crippen LogP contribution in [0.1, 0.15) is 32.9 Å². The van der Waals surface area contributed by atoms with Gasteiger partial charge in [-0.25, -0.2) is 4.79 Å². The van der Waals surface area contributed by atoms with E-state index >= 15 is 0 Å². The Morgan fingerprint density at radius 2 is 1.88 bits per heavy atom. The molecule has 1 N–H and O–H groups in total. The van der Waals surface area contributed by atoms with E-state index in [0.29, 0.717) is 17.9 Å². The van der Waals surface area contributed by atoms with Gasteiger partial charge in [0.1, 0.15) is 5.76 Å². The fraction of sp³-hybridized carbons (Fsp3) is 0.115. The van der Waals surface area contributed by atoms with Crippen LogP contribution in [-0.4, -0.2) is 20.8 Å². The highest BCUT2D eigenvalue weighted by atomic mass is 16.5. The highest BCUT2D eigenvalue weighted by Gasteiger charge is 2.20. The van der Waals surface area contributed by atoms with Crippen LogP contribution in [0.5, 0.6) is 0 Å². The van der Waals surface area contributed by atoms with Crippen LogP contribution in [0.2, 0.25) is 0 Å². The van der Waals surface area contributed by atoms with E-state index in [1.54, 1.807) is 18.2 Å². The predicted molar refractivity (Wildman–Crippen MR) is 122 cm³/mol. The van der Waals surface area contributed by atoms with E-state index in [4.69, 9.17) is 4.52 Å². The first-order chi connectivity index (χ1) is 15.5. The predicted octanol–water partition coefficient (Wildman–Crippen LogP) is 5.68. The largest absolute Gasteiger partial charge is 0.478 e. The molecule has 5 rings (SSSR count). The standard InChI is InChI=1S/C26H19N3O3/c1-15-24(16(2)32-28-15)19-10-20(13-27)25-21-9-8-18(26(30)31)11-22(21)29(23(25)12-19)14-17-6-4-3-5-7-17/h3-12H,14H2,1-2H3,(H,30,31). The smallest absolute Gasteiger partial charge is 0.335 e. The molecular formula is C26H19N3O3. The van der Waals surface area contributed by atoms with Gasteiger partial charge in [-0.2, -0.15) is 5.26 Å². The number of carboxylic acids is 1. The van der Waals surface area contributed by atoms with Gasteiger partial charge in [-0.3, -0.25) is 0 Å². The Morgan fingerprint density at radius 3 is 2.53 bits per heavy atom. The molecule has 0 bridgehead atoms. The Balaban J connectivity index is 1.89. The van der Waals surface area contributed by atoms with E-state index in [1.165, 1.54) is 0 Å². The maximum Gasteiger partial charge on any atom is 0.335 e. The number of aromatic carboxylic acids is 1. The average Bonchev–Trinajstić information content (AvgIpc) is 3.30. The molecule has 2 heterocycles. The highest BCUT2D eigenvalue weighted by Crippen LogP contribution is 2.37. The van der Waals surface area contributed by atoms with Gasteiger partial charge in [-0.05, 0) is 49.2 Å². The zero-order valence-electron chi connectivity index (χ0n) is 17.6. The molecule has 0 fully saturated rings. The van der Waals surface area contributed by atoms with E-state index in [2.05, 4.69) is 15.8 Å². The van der Waals surface area contributed by atoms with Crippen molar-refractivity contribution in [2.24, 2.45) is 0 Å². The van der Waals surface area contributed by atoms with Crippen molar-refractivity contribution in [1.29, 1.82) is 5.26 Å². The first-order valence-electron chi connectivity index (χ1n) is 10.2. The maximum absolute atomic E-state index is 11.7. The second kappa shape index (κ2) is 7.40. The van der Waals surface area contributed by atoms with Crippen LogP contribution in [0, 0.1) is 25.2 Å². The summed E-state index contributed by atoms with van der Waals surface area (Å²) in [6.45, 7) is 4.27. The van der Waals surface area contributed by atoms with Crippen LogP contribution in [-0.2, 0) is 6.54 Å². The number of aryl methyl sites for hydroxylation is 2. The van der Waals surface area contributed by atoms with E-state index in [-0.39, 0.29) is 5.56 Å². The second-order valence-corrected chi connectivity index (χ2v) is 7.84. The summed E-state index contributed by atoms with van der Waals surface area (Å²) in [6.07, 6.45) is 0. The van der Waals surface area contributed by atoms with Crippen LogP contribution in [0.25, 0.3) is 32.9 Å². The van der Waals surface area contributed by atoms with Crippen molar-refractivity contribution >= 4 is 27.8 Å². The van der Waals surface area contributed by atoms with Crippen LogP contribution in [0.3, 0.4) is 0 Å². The van der Waals surface area contributed by atoms with Crippen molar-refractivity contribution in [3.8, 4) is 17.2 Å². The molecule has 0 spiro atoms. The summed E-state index contributed by atoms with van der Waals surface area (Å²) >= 11 is 0. The summed E-state index contributed by atoms with van der Waals surface area (Å²) in [5, 5.41) is 25.3. The van der Waals surface area contributed by atoms with Gasteiger partial charge in [0, 0.05) is 22.9 Å². The third-order valence-electron chi connectivity index (χ3n) is 5.84. The number of aromatic nitrogens is 2. The molecule has 6 heteroatoms. The summed E-state index contributed by atoms with van der Waals surface area (Å²) in [5.41, 5.74) is 5.91. The molecule has 0 aliphatic heterocycles. The number of benzene rings is 3. The molecule has 0 radical (unpaired) electrons. The quantitative estimate of drug-likeness (QED) is 0.403. The third kappa shape index (κ3) is 3.03. The van der Waals surface area contributed by atoms with Gasteiger partial charge < -0.3 is 14.2 Å². The maximum atomic E-state index is 11.7. The molecule has 0 amide bonds. The molecule has 5 aromatic rings. The van der Waals surface area contributed by atoms with Crippen molar-refractivity contribution in [3.05, 3.63) is 88.8 Å². The van der Waals surface area contributed by atoms with E-state index in [9.17, 15) is 15.2 Å². The second-order valence-electron chi connectivity index (χ2n) is 7.84. The topological polar surface area (TPSA) is 92.1 Å². The van der Waals surface area contributed by atoms with E-state index < -0.39 is 5.97 Å². The van der Waals surface area contributed by atoms with Crippen molar-refractivity contribution in [1.82, 2.24) is 9.72 Å². The Hall–Kier alpha value is -4.37. The number of nitrogens with zero attached hydrogens (tertiary/aromatic N) is 3. The summed E-state index contributed by atoms with van der Waals surface area (Å²) < 4.78 is 7.44. The van der Waals surface area contributed by atoms with Gasteiger partial charge in [0.15, 0.2) is 0 Å². The van der Waals surface area contributed by atoms with Gasteiger partial charge in [0.25, 0.3) is 0 Å². The minimum Gasteiger partial charge on any atom is -0.478 e. The lowest BCUT2D eigenvalue weighted by atomic mass is 9.98. The molecule has 6 nitrogen and oxygen atoms in total. The Bertz CT molecular complexity index is 1530. The fourth-order valence-corrected chi connectivity index (χ4v) is 4.42. The molecule has 0 aliphatic carbocycles. The molecule has 32 heavy (non-hydrogen) atoms. The molecule has 0 aliphatic rings. The molecular weight excluding hydrogens is 402 g/mol. The Morgan fingerprint density at radius 1 is 1.09 bits per heavy atom. The van der Waals surface area contributed by atoms with Gasteiger partial charge >= 0.3 is 5.97 Å². The fourth-order valence-electron chi connectivity index (χ4n) is 4.42. The zero-order valence-corrected chi connectivity index (χ0v) is 17.6. The number of hydrogen-bond donors (Lipinski definition) is 1. The summed E-state index contributed by atoms with van der Waals surface area (Å²) in [4.78, 5) is 11.7. The van der Waals surface area contributed by atoms with Crippen molar-refractivity contribution in [2.45, 2.75) is 20.4 Å². The monoisotopic (exact) mass is 421 g/mol. The number of nitriles is 1. The van der Waals surface area contributed by atoms with E-state index in [0.717, 1.165) is 44.2 Å². The highest BCUT2D eigenvalue weighted by molar-refractivity contribution is 6.13. The number of fused-ring (bicyclic) bond motifs is 3. The van der Waals surface area contributed by atoms with E-state index in [1.807, 2.05) is 56.3 Å². The molecule has 0 atom stereocenters. The minimum atomic E-state index is -0.986. The van der Waals surface area contributed by atoms with Crippen molar-refractivity contribution < 1.29 is 14.4 Å². The zero-order chi connectivity index (χ0) is 22.4. The van der Waals surface area contributed by atoms with Gasteiger partial charge in [-0.15, -0.1) is 0 Å². The number of hydrogen-bond acceptors (Lipinski definition) is 4. The number of rotatable bonds is 4. The van der Waals surface area contributed by atoms with Crippen molar-refractivity contribution in [3.63, 3.8) is 0 Å². The Labute approximate surface area is 183 Å². The summed E-state index contributed by atoms with van der Waals surface area (Å²) in [5.74, 6) is -0.301. The summed E-state index contributed by atoms with van der Waals surface area (Å²) in [6, 6.07) is 21.2. The first-order valence-corrected chi connectivity index (χ1v) is 10.2. The third-order valence-corrected chi connectivity index (χ3v) is 5.84. The minimum absolute atomic E-state index is 0.207. The number of carboxylic acid groups (broad SMARTS) is 1. The molecule has 0 saturated heterocycles. The van der Waals surface area contributed by atoms with Crippen LogP contribution in [0.15, 0.2) is 65.2 Å². The van der Waals surface area contributed by atoms with Crippen LogP contribution >= 0.6 is 0 Å².